The van der Waals surface area contributed by atoms with E-state index >= 15 is 0 Å². The van der Waals surface area contributed by atoms with Crippen LogP contribution >= 0.6 is 0 Å². The summed E-state index contributed by atoms with van der Waals surface area (Å²) in [6.07, 6.45) is 1.77. The minimum Gasteiger partial charge on any atom is -0.465 e. The molecule has 1 aromatic carbocycles. The van der Waals surface area contributed by atoms with Gasteiger partial charge in [-0.25, -0.2) is 4.79 Å². The highest BCUT2D eigenvalue weighted by Gasteiger charge is 2.24. The molecule has 0 radical (unpaired) electrons. The minimum atomic E-state index is -0.625. The normalized spacial score (nSPS) is 12.7. The van der Waals surface area contributed by atoms with E-state index in [1.165, 1.54) is 4.90 Å². The summed E-state index contributed by atoms with van der Waals surface area (Å²) in [4.78, 5) is 29.9. The Morgan fingerprint density at radius 1 is 1.23 bits per heavy atom. The van der Waals surface area contributed by atoms with Crippen molar-refractivity contribution in [1.29, 1.82) is 0 Å². The summed E-state index contributed by atoms with van der Waals surface area (Å²) in [5.41, 5.74) is 0.499. The molecular formula is C20H30N2O4. The second-order valence-electron chi connectivity index (χ2n) is 6.91. The number of ether oxygens (including phenoxy) is 2. The molecule has 0 unspecified atom stereocenters. The summed E-state index contributed by atoms with van der Waals surface area (Å²) < 4.78 is 10.3. The number of benzene rings is 1. The van der Waals surface area contributed by atoms with Crippen LogP contribution in [-0.4, -0.2) is 48.5 Å². The Balaban J connectivity index is 2.62. The number of nitrogens with zero attached hydrogens (tertiary/aromatic N) is 2. The minimum absolute atomic E-state index is 0.0382. The van der Waals surface area contributed by atoms with Gasteiger partial charge >= 0.3 is 12.1 Å². The Kier molecular flexibility index (Phi) is 8.82. The van der Waals surface area contributed by atoms with Crippen molar-refractivity contribution in [3.05, 3.63) is 35.9 Å². The topological polar surface area (TPSA) is 68.2 Å². The molecule has 0 bridgehead atoms. The van der Waals surface area contributed by atoms with Gasteiger partial charge in [-0.1, -0.05) is 30.3 Å². The SMILES string of the molecule is CCOC(=O)CN(CCC=N[C@H](C)c1ccccc1)C(=O)OC(C)(C)C. The Bertz CT molecular complexity index is 594. The quantitative estimate of drug-likeness (QED) is 0.518. The van der Waals surface area contributed by atoms with Crippen LogP contribution in [0.25, 0.3) is 0 Å². The Labute approximate surface area is 156 Å². The highest BCUT2D eigenvalue weighted by atomic mass is 16.6. The standard InChI is InChI=1S/C20H30N2O4/c1-6-25-18(23)15-22(19(24)26-20(3,4)5)14-10-13-21-16(2)17-11-8-7-9-12-17/h7-9,11-13,16H,6,10,14-15H2,1-5H3/t16-/m1/s1. The van der Waals surface area contributed by atoms with E-state index in [-0.39, 0.29) is 19.2 Å². The van der Waals surface area contributed by atoms with Crippen LogP contribution in [0.2, 0.25) is 0 Å². The average molecular weight is 362 g/mol. The van der Waals surface area contributed by atoms with Crippen molar-refractivity contribution in [3.8, 4) is 0 Å². The Morgan fingerprint density at radius 2 is 1.88 bits per heavy atom. The fourth-order valence-electron chi connectivity index (χ4n) is 2.19. The van der Waals surface area contributed by atoms with Crippen LogP contribution in [0.15, 0.2) is 35.3 Å². The molecule has 0 N–H and O–H groups in total. The van der Waals surface area contributed by atoms with Gasteiger partial charge in [0.2, 0.25) is 0 Å². The molecule has 6 heteroatoms. The van der Waals surface area contributed by atoms with Crippen molar-refractivity contribution >= 4 is 18.3 Å². The van der Waals surface area contributed by atoms with Crippen LogP contribution in [0.3, 0.4) is 0 Å². The summed E-state index contributed by atoms with van der Waals surface area (Å²) in [5.74, 6) is -0.451. The number of aliphatic imine (C=N–C) groups is 1. The van der Waals surface area contributed by atoms with Gasteiger partial charge in [-0.05, 0) is 40.2 Å². The van der Waals surface area contributed by atoms with Crippen LogP contribution in [0.1, 0.15) is 52.6 Å². The van der Waals surface area contributed by atoms with Gasteiger partial charge in [0.15, 0.2) is 0 Å². The maximum atomic E-state index is 12.3. The summed E-state index contributed by atoms with van der Waals surface area (Å²) in [6, 6.07) is 10.0. The van der Waals surface area contributed by atoms with Gasteiger partial charge in [-0.15, -0.1) is 0 Å². The molecule has 0 spiro atoms. The lowest BCUT2D eigenvalue weighted by atomic mass is 10.1. The number of rotatable bonds is 8. The third-order valence-corrected chi connectivity index (χ3v) is 3.42. The van der Waals surface area contributed by atoms with E-state index in [0.29, 0.717) is 13.0 Å². The lowest BCUT2D eigenvalue weighted by Crippen LogP contribution is -2.41. The van der Waals surface area contributed by atoms with Crippen molar-refractivity contribution < 1.29 is 19.1 Å². The molecule has 0 fully saturated rings. The zero-order chi connectivity index (χ0) is 19.6. The average Bonchev–Trinajstić information content (AvgIpc) is 2.56. The van der Waals surface area contributed by atoms with Gasteiger partial charge in [-0.2, -0.15) is 0 Å². The first-order valence-electron chi connectivity index (χ1n) is 8.93. The zero-order valence-corrected chi connectivity index (χ0v) is 16.4. The lowest BCUT2D eigenvalue weighted by Gasteiger charge is -2.26. The van der Waals surface area contributed by atoms with Crippen LogP contribution in [0, 0.1) is 0 Å². The third-order valence-electron chi connectivity index (χ3n) is 3.42. The molecule has 0 saturated carbocycles. The van der Waals surface area contributed by atoms with E-state index < -0.39 is 17.7 Å². The van der Waals surface area contributed by atoms with Crippen LogP contribution in [0.4, 0.5) is 4.79 Å². The molecule has 144 valence electrons. The molecular weight excluding hydrogens is 332 g/mol. The Hall–Kier alpha value is -2.37. The van der Waals surface area contributed by atoms with Gasteiger partial charge < -0.3 is 9.47 Å². The van der Waals surface area contributed by atoms with Gasteiger partial charge in [0.1, 0.15) is 12.1 Å². The van der Waals surface area contributed by atoms with Crippen LogP contribution < -0.4 is 0 Å². The lowest BCUT2D eigenvalue weighted by molar-refractivity contribution is -0.144. The van der Waals surface area contributed by atoms with E-state index in [4.69, 9.17) is 9.47 Å². The number of carbonyl (C=O) groups excluding carboxylic acids is 2. The molecule has 0 aliphatic heterocycles. The van der Waals surface area contributed by atoms with Gasteiger partial charge in [0.25, 0.3) is 0 Å². The van der Waals surface area contributed by atoms with Crippen molar-refractivity contribution in [2.75, 3.05) is 19.7 Å². The number of amides is 1. The summed E-state index contributed by atoms with van der Waals surface area (Å²) in [5, 5.41) is 0. The first-order valence-corrected chi connectivity index (χ1v) is 8.93. The molecule has 0 aliphatic rings. The molecule has 1 atom stereocenters. The molecule has 0 saturated heterocycles. The maximum absolute atomic E-state index is 12.3. The highest BCUT2D eigenvalue weighted by Crippen LogP contribution is 2.15. The van der Waals surface area contributed by atoms with E-state index in [1.807, 2.05) is 37.3 Å². The number of hydrogen-bond acceptors (Lipinski definition) is 5. The first kappa shape index (κ1) is 21.7. The second kappa shape index (κ2) is 10.6. The fraction of sp³-hybridized carbons (Fsp3) is 0.550. The highest BCUT2D eigenvalue weighted by molar-refractivity contribution is 5.78. The second-order valence-corrected chi connectivity index (χ2v) is 6.91. The predicted molar refractivity (Wildman–Crippen MR) is 102 cm³/mol. The summed E-state index contributed by atoms with van der Waals surface area (Å²) in [7, 11) is 0. The van der Waals surface area contributed by atoms with Crippen molar-refractivity contribution in [3.63, 3.8) is 0 Å². The van der Waals surface area contributed by atoms with Crippen LogP contribution in [-0.2, 0) is 14.3 Å². The fourth-order valence-corrected chi connectivity index (χ4v) is 2.19. The molecule has 6 nitrogen and oxygen atoms in total. The van der Waals surface area contributed by atoms with E-state index in [2.05, 4.69) is 4.99 Å². The Morgan fingerprint density at radius 3 is 2.46 bits per heavy atom. The number of hydrogen-bond donors (Lipinski definition) is 0. The molecule has 0 heterocycles. The number of carbonyl (C=O) groups is 2. The maximum Gasteiger partial charge on any atom is 0.410 e. The molecule has 1 amide bonds. The smallest absolute Gasteiger partial charge is 0.410 e. The molecule has 26 heavy (non-hydrogen) atoms. The van der Waals surface area contributed by atoms with Gasteiger partial charge in [0, 0.05) is 19.2 Å². The molecule has 1 aromatic rings. The summed E-state index contributed by atoms with van der Waals surface area (Å²) >= 11 is 0. The van der Waals surface area contributed by atoms with Gasteiger partial charge in [-0.3, -0.25) is 14.7 Å². The predicted octanol–water partition coefficient (Wildman–Crippen LogP) is 4.01. The molecule has 0 aliphatic carbocycles. The molecule has 0 aromatic heterocycles. The van der Waals surface area contributed by atoms with Crippen molar-refractivity contribution in [2.45, 2.75) is 52.7 Å². The van der Waals surface area contributed by atoms with E-state index in [0.717, 1.165) is 5.56 Å². The zero-order valence-electron chi connectivity index (χ0n) is 16.4. The van der Waals surface area contributed by atoms with Crippen molar-refractivity contribution in [1.82, 2.24) is 4.90 Å². The first-order chi connectivity index (χ1) is 12.2. The molecule has 1 rings (SSSR count). The van der Waals surface area contributed by atoms with E-state index in [1.54, 1.807) is 33.9 Å². The third kappa shape index (κ3) is 8.65. The summed E-state index contributed by atoms with van der Waals surface area (Å²) in [6.45, 7) is 9.58. The van der Waals surface area contributed by atoms with Gasteiger partial charge in [0.05, 0.1) is 12.6 Å². The largest absolute Gasteiger partial charge is 0.465 e. The van der Waals surface area contributed by atoms with Crippen LogP contribution in [0.5, 0.6) is 0 Å². The van der Waals surface area contributed by atoms with Crippen molar-refractivity contribution in [2.24, 2.45) is 4.99 Å². The van der Waals surface area contributed by atoms with E-state index in [9.17, 15) is 9.59 Å². The number of esters is 1. The monoisotopic (exact) mass is 362 g/mol.